The number of hydrogen-bond acceptors (Lipinski definition) is 4. The average Bonchev–Trinajstić information content (AvgIpc) is 3.17. The predicted molar refractivity (Wildman–Crippen MR) is 122 cm³/mol. The molecule has 1 amide bonds. The highest BCUT2D eigenvalue weighted by molar-refractivity contribution is 5.95. The first-order valence-corrected chi connectivity index (χ1v) is 12.2. The van der Waals surface area contributed by atoms with Crippen molar-refractivity contribution in [1.29, 1.82) is 0 Å². The molecule has 2 atom stereocenters. The lowest BCUT2D eigenvalue weighted by Gasteiger charge is -2.34. The molecule has 0 radical (unpaired) electrons. The summed E-state index contributed by atoms with van der Waals surface area (Å²) in [6, 6.07) is 4.96. The van der Waals surface area contributed by atoms with E-state index in [4.69, 9.17) is 14.5 Å². The predicted octanol–water partition coefficient (Wildman–Crippen LogP) is 5.56. The summed E-state index contributed by atoms with van der Waals surface area (Å²) in [5.41, 5.74) is 4.47. The van der Waals surface area contributed by atoms with Crippen LogP contribution in [0.2, 0.25) is 0 Å². The van der Waals surface area contributed by atoms with Gasteiger partial charge in [0.25, 0.3) is 0 Å². The van der Waals surface area contributed by atoms with E-state index in [-0.39, 0.29) is 18.2 Å². The Labute approximate surface area is 184 Å². The second-order valence-electron chi connectivity index (χ2n) is 9.54. The van der Waals surface area contributed by atoms with Gasteiger partial charge in [0.2, 0.25) is 0 Å². The average molecular weight is 426 g/mol. The standard InChI is InChI=1S/C25H35N3O3/c1-17-11-12-20-21(27(17)25(29)30-2)13-14-22-24(20)26-23(16-19-10-6-7-15-31-19)28(22)18-8-4-3-5-9-18/h13-14,17-19H,3-12,15-16H2,1-2H3/t17-,19+/m0/s1. The second-order valence-corrected chi connectivity index (χ2v) is 9.54. The zero-order chi connectivity index (χ0) is 21.4. The first-order chi connectivity index (χ1) is 15.2. The number of fused-ring (bicyclic) bond motifs is 3. The number of hydrogen-bond donors (Lipinski definition) is 0. The van der Waals surface area contributed by atoms with E-state index >= 15 is 0 Å². The molecule has 1 aromatic heterocycles. The molecule has 6 nitrogen and oxygen atoms in total. The molecule has 1 saturated heterocycles. The summed E-state index contributed by atoms with van der Waals surface area (Å²) >= 11 is 0. The zero-order valence-corrected chi connectivity index (χ0v) is 18.9. The molecule has 0 unspecified atom stereocenters. The van der Waals surface area contributed by atoms with Gasteiger partial charge in [-0.05, 0) is 64.0 Å². The number of amides is 1. The molecule has 1 aromatic carbocycles. The highest BCUT2D eigenvalue weighted by atomic mass is 16.5. The van der Waals surface area contributed by atoms with Gasteiger partial charge < -0.3 is 14.0 Å². The quantitative estimate of drug-likeness (QED) is 0.646. The molecule has 3 heterocycles. The van der Waals surface area contributed by atoms with Gasteiger partial charge in [-0.3, -0.25) is 4.90 Å². The molecule has 5 rings (SSSR count). The third-order valence-electron chi connectivity index (χ3n) is 7.52. The Morgan fingerprint density at radius 3 is 2.68 bits per heavy atom. The zero-order valence-electron chi connectivity index (χ0n) is 18.9. The lowest BCUT2D eigenvalue weighted by atomic mass is 9.94. The largest absolute Gasteiger partial charge is 0.452 e. The van der Waals surface area contributed by atoms with Crippen LogP contribution in [0.1, 0.15) is 82.1 Å². The highest BCUT2D eigenvalue weighted by Gasteiger charge is 2.32. The van der Waals surface area contributed by atoms with Crippen molar-refractivity contribution in [3.05, 3.63) is 23.5 Å². The fourth-order valence-electron chi connectivity index (χ4n) is 5.89. The number of carbonyl (C=O) groups excluding carboxylic acids is 1. The SMILES string of the molecule is COC(=O)N1c2ccc3c(nc(C[C@H]4CCCCO4)n3C3CCCCC3)c2CC[C@@H]1C. The monoisotopic (exact) mass is 425 g/mol. The minimum atomic E-state index is -0.282. The smallest absolute Gasteiger partial charge is 0.414 e. The number of aryl methyl sites for hydroxylation is 1. The number of aromatic nitrogens is 2. The van der Waals surface area contributed by atoms with E-state index in [0.29, 0.717) is 6.04 Å². The molecule has 168 valence electrons. The number of benzene rings is 1. The Morgan fingerprint density at radius 1 is 1.13 bits per heavy atom. The van der Waals surface area contributed by atoms with Gasteiger partial charge in [0.05, 0.1) is 29.9 Å². The van der Waals surface area contributed by atoms with Crippen LogP contribution in [0.3, 0.4) is 0 Å². The van der Waals surface area contributed by atoms with Crippen LogP contribution < -0.4 is 4.90 Å². The van der Waals surface area contributed by atoms with Crippen molar-refractivity contribution in [3.63, 3.8) is 0 Å². The van der Waals surface area contributed by atoms with Crippen molar-refractivity contribution in [3.8, 4) is 0 Å². The van der Waals surface area contributed by atoms with Crippen molar-refractivity contribution >= 4 is 22.8 Å². The summed E-state index contributed by atoms with van der Waals surface area (Å²) in [6.07, 6.45) is 12.7. The van der Waals surface area contributed by atoms with E-state index in [2.05, 4.69) is 23.6 Å². The van der Waals surface area contributed by atoms with Crippen LogP contribution in [0.5, 0.6) is 0 Å². The topological polar surface area (TPSA) is 56.6 Å². The van der Waals surface area contributed by atoms with Gasteiger partial charge in [0, 0.05) is 30.7 Å². The van der Waals surface area contributed by atoms with Crippen molar-refractivity contribution in [2.45, 2.75) is 95.7 Å². The number of imidazole rings is 1. The summed E-state index contributed by atoms with van der Waals surface area (Å²) in [7, 11) is 1.46. The Balaban J connectivity index is 1.60. The molecule has 2 aliphatic heterocycles. The first kappa shape index (κ1) is 20.8. The number of nitrogens with zero attached hydrogens (tertiary/aromatic N) is 3. The van der Waals surface area contributed by atoms with Crippen LogP contribution >= 0.6 is 0 Å². The number of methoxy groups -OCH3 is 1. The third-order valence-corrected chi connectivity index (χ3v) is 7.52. The van der Waals surface area contributed by atoms with Gasteiger partial charge in [0.15, 0.2) is 0 Å². The minimum Gasteiger partial charge on any atom is -0.452 e. The van der Waals surface area contributed by atoms with Gasteiger partial charge in [-0.25, -0.2) is 9.78 Å². The molecule has 0 N–H and O–H groups in total. The lowest BCUT2D eigenvalue weighted by Crippen LogP contribution is -2.42. The molecule has 2 aromatic rings. The molecular formula is C25H35N3O3. The Morgan fingerprint density at radius 2 is 1.94 bits per heavy atom. The molecule has 1 aliphatic carbocycles. The van der Waals surface area contributed by atoms with Crippen LogP contribution in [0.4, 0.5) is 10.5 Å². The van der Waals surface area contributed by atoms with Crippen LogP contribution in [-0.4, -0.2) is 41.5 Å². The Bertz CT molecular complexity index is 941. The molecule has 2 fully saturated rings. The number of rotatable bonds is 3. The van der Waals surface area contributed by atoms with E-state index in [1.54, 1.807) is 0 Å². The van der Waals surface area contributed by atoms with Crippen LogP contribution in [-0.2, 0) is 22.3 Å². The Hall–Kier alpha value is -2.08. The molecule has 6 heteroatoms. The van der Waals surface area contributed by atoms with Gasteiger partial charge in [0.1, 0.15) is 5.82 Å². The van der Waals surface area contributed by atoms with E-state index in [1.807, 2.05) is 4.90 Å². The van der Waals surface area contributed by atoms with Crippen molar-refractivity contribution < 1.29 is 14.3 Å². The maximum atomic E-state index is 12.5. The third kappa shape index (κ3) is 3.84. The van der Waals surface area contributed by atoms with Crippen LogP contribution in [0, 0.1) is 0 Å². The van der Waals surface area contributed by atoms with E-state index in [0.717, 1.165) is 43.5 Å². The molecule has 31 heavy (non-hydrogen) atoms. The molecule has 0 bridgehead atoms. The summed E-state index contributed by atoms with van der Waals surface area (Å²) < 4.78 is 13.7. The molecular weight excluding hydrogens is 390 g/mol. The van der Waals surface area contributed by atoms with Crippen LogP contribution in [0.25, 0.3) is 11.0 Å². The van der Waals surface area contributed by atoms with E-state index in [9.17, 15) is 4.79 Å². The van der Waals surface area contributed by atoms with Crippen molar-refractivity contribution in [2.24, 2.45) is 0 Å². The van der Waals surface area contributed by atoms with Crippen LogP contribution in [0.15, 0.2) is 12.1 Å². The fraction of sp³-hybridized carbons (Fsp3) is 0.680. The molecule has 3 aliphatic rings. The maximum Gasteiger partial charge on any atom is 0.414 e. The molecule has 0 spiro atoms. The van der Waals surface area contributed by atoms with Gasteiger partial charge in [-0.2, -0.15) is 0 Å². The fourth-order valence-corrected chi connectivity index (χ4v) is 5.89. The maximum absolute atomic E-state index is 12.5. The van der Waals surface area contributed by atoms with Gasteiger partial charge in [-0.1, -0.05) is 19.3 Å². The summed E-state index contributed by atoms with van der Waals surface area (Å²) in [5, 5.41) is 0. The highest BCUT2D eigenvalue weighted by Crippen LogP contribution is 2.39. The second kappa shape index (κ2) is 8.81. The Kier molecular flexibility index (Phi) is 5.91. The number of ether oxygens (including phenoxy) is 2. The van der Waals surface area contributed by atoms with E-state index < -0.39 is 0 Å². The van der Waals surface area contributed by atoms with E-state index in [1.165, 1.54) is 69.0 Å². The number of anilines is 1. The summed E-state index contributed by atoms with van der Waals surface area (Å²) in [6.45, 7) is 2.96. The lowest BCUT2D eigenvalue weighted by molar-refractivity contribution is 0.0149. The van der Waals surface area contributed by atoms with Crippen molar-refractivity contribution in [2.75, 3.05) is 18.6 Å². The minimum absolute atomic E-state index is 0.132. The molecule has 1 saturated carbocycles. The number of carbonyl (C=O) groups is 1. The van der Waals surface area contributed by atoms with Gasteiger partial charge in [-0.15, -0.1) is 0 Å². The van der Waals surface area contributed by atoms with Gasteiger partial charge >= 0.3 is 6.09 Å². The normalized spacial score (nSPS) is 24.9. The van der Waals surface area contributed by atoms with Crippen molar-refractivity contribution in [1.82, 2.24) is 9.55 Å². The summed E-state index contributed by atoms with van der Waals surface area (Å²) in [4.78, 5) is 19.6. The summed E-state index contributed by atoms with van der Waals surface area (Å²) in [5.74, 6) is 1.17. The first-order valence-electron chi connectivity index (χ1n) is 12.2.